The van der Waals surface area contributed by atoms with Crippen LogP contribution in [0.5, 0.6) is 5.75 Å². The molecule has 0 saturated heterocycles. The van der Waals surface area contributed by atoms with Crippen LogP contribution in [0.2, 0.25) is 5.02 Å². The first kappa shape index (κ1) is 11.7. The lowest BCUT2D eigenvalue weighted by atomic mass is 10.2. The van der Waals surface area contributed by atoms with Gasteiger partial charge in [0.15, 0.2) is 5.69 Å². The SMILES string of the molecule is COC(=O)c1cc(OC)c2cc(Cl)ccc2n1. The predicted octanol–water partition coefficient (Wildman–Crippen LogP) is 2.68. The van der Waals surface area contributed by atoms with Crippen molar-refractivity contribution in [3.63, 3.8) is 0 Å². The molecule has 2 aromatic rings. The molecule has 0 atom stereocenters. The summed E-state index contributed by atoms with van der Waals surface area (Å²) in [7, 11) is 2.83. The zero-order chi connectivity index (χ0) is 12.4. The fraction of sp³-hybridized carbons (Fsp3) is 0.167. The summed E-state index contributed by atoms with van der Waals surface area (Å²) < 4.78 is 9.84. The van der Waals surface area contributed by atoms with Crippen molar-refractivity contribution in [1.82, 2.24) is 4.98 Å². The van der Waals surface area contributed by atoms with Crippen LogP contribution in [-0.2, 0) is 4.74 Å². The zero-order valence-corrected chi connectivity index (χ0v) is 10.1. The minimum absolute atomic E-state index is 0.208. The van der Waals surface area contributed by atoms with Crippen molar-refractivity contribution in [2.24, 2.45) is 0 Å². The van der Waals surface area contributed by atoms with E-state index in [4.69, 9.17) is 16.3 Å². The van der Waals surface area contributed by atoms with Gasteiger partial charge in [-0.1, -0.05) is 11.6 Å². The molecule has 1 aromatic heterocycles. The number of methoxy groups -OCH3 is 2. The molecule has 4 nitrogen and oxygen atoms in total. The molecule has 0 saturated carbocycles. The van der Waals surface area contributed by atoms with Crippen LogP contribution >= 0.6 is 11.6 Å². The number of fused-ring (bicyclic) bond motifs is 1. The molecule has 0 aliphatic rings. The van der Waals surface area contributed by atoms with Crippen LogP contribution in [0.25, 0.3) is 10.9 Å². The third-order valence-corrected chi connectivity index (χ3v) is 2.58. The summed E-state index contributed by atoms with van der Waals surface area (Å²) in [4.78, 5) is 15.6. The molecule has 5 heteroatoms. The van der Waals surface area contributed by atoms with E-state index < -0.39 is 5.97 Å². The van der Waals surface area contributed by atoms with Crippen molar-refractivity contribution < 1.29 is 14.3 Å². The molecule has 0 bridgehead atoms. The maximum Gasteiger partial charge on any atom is 0.356 e. The average Bonchev–Trinajstić information content (AvgIpc) is 2.36. The molecule has 0 aliphatic carbocycles. The van der Waals surface area contributed by atoms with Gasteiger partial charge in [0.25, 0.3) is 0 Å². The van der Waals surface area contributed by atoms with Crippen molar-refractivity contribution in [3.8, 4) is 5.75 Å². The van der Waals surface area contributed by atoms with Gasteiger partial charge in [-0.3, -0.25) is 0 Å². The Morgan fingerprint density at radius 1 is 1.29 bits per heavy atom. The maximum atomic E-state index is 11.4. The Kier molecular flexibility index (Phi) is 3.15. The van der Waals surface area contributed by atoms with E-state index >= 15 is 0 Å². The van der Waals surface area contributed by atoms with Crippen LogP contribution in [0.1, 0.15) is 10.5 Å². The smallest absolute Gasteiger partial charge is 0.356 e. The van der Waals surface area contributed by atoms with Gasteiger partial charge in [-0.25, -0.2) is 9.78 Å². The minimum atomic E-state index is -0.500. The van der Waals surface area contributed by atoms with Gasteiger partial charge in [0.1, 0.15) is 5.75 Å². The fourth-order valence-electron chi connectivity index (χ4n) is 1.55. The molecule has 0 unspecified atom stereocenters. The number of pyridine rings is 1. The highest BCUT2D eigenvalue weighted by Gasteiger charge is 2.12. The minimum Gasteiger partial charge on any atom is -0.496 e. The summed E-state index contributed by atoms with van der Waals surface area (Å²) in [6.07, 6.45) is 0. The van der Waals surface area contributed by atoms with Crippen molar-refractivity contribution in [2.75, 3.05) is 14.2 Å². The molecule has 0 fully saturated rings. The third-order valence-electron chi connectivity index (χ3n) is 2.35. The number of hydrogen-bond donors (Lipinski definition) is 0. The van der Waals surface area contributed by atoms with Gasteiger partial charge in [0.05, 0.1) is 19.7 Å². The van der Waals surface area contributed by atoms with Crippen molar-refractivity contribution >= 4 is 28.5 Å². The standard InChI is InChI=1S/C12H10ClNO3/c1-16-11-6-10(12(15)17-2)14-9-4-3-7(13)5-8(9)11/h3-6H,1-2H3. The van der Waals surface area contributed by atoms with Crippen molar-refractivity contribution in [3.05, 3.63) is 35.0 Å². The number of rotatable bonds is 2. The van der Waals surface area contributed by atoms with Crippen LogP contribution in [-0.4, -0.2) is 25.2 Å². The van der Waals surface area contributed by atoms with Crippen LogP contribution in [0.4, 0.5) is 0 Å². The summed E-state index contributed by atoms with van der Waals surface area (Å²) >= 11 is 5.90. The molecule has 0 radical (unpaired) electrons. The van der Waals surface area contributed by atoms with E-state index in [2.05, 4.69) is 9.72 Å². The normalized spacial score (nSPS) is 10.3. The molecule has 0 aliphatic heterocycles. The number of hydrogen-bond acceptors (Lipinski definition) is 4. The third kappa shape index (κ3) is 2.17. The highest BCUT2D eigenvalue weighted by atomic mass is 35.5. The molecule has 0 amide bonds. The van der Waals surface area contributed by atoms with E-state index in [9.17, 15) is 4.79 Å². The number of carbonyl (C=O) groups is 1. The molecular weight excluding hydrogens is 242 g/mol. The topological polar surface area (TPSA) is 48.4 Å². The number of aromatic nitrogens is 1. The van der Waals surface area contributed by atoms with Crippen LogP contribution in [0.3, 0.4) is 0 Å². The van der Waals surface area contributed by atoms with Gasteiger partial charge >= 0.3 is 5.97 Å². The second-order valence-corrected chi connectivity index (χ2v) is 3.80. The first-order valence-corrected chi connectivity index (χ1v) is 5.26. The summed E-state index contributed by atoms with van der Waals surface area (Å²) in [5.74, 6) is 0.0399. The van der Waals surface area contributed by atoms with Crippen molar-refractivity contribution in [1.29, 1.82) is 0 Å². The first-order chi connectivity index (χ1) is 8.15. The lowest BCUT2D eigenvalue weighted by molar-refractivity contribution is 0.0594. The number of esters is 1. The largest absolute Gasteiger partial charge is 0.496 e. The van der Waals surface area contributed by atoms with Gasteiger partial charge in [-0.2, -0.15) is 0 Å². The summed E-state index contributed by atoms with van der Waals surface area (Å²) in [6, 6.07) is 6.71. The molecule has 88 valence electrons. The van der Waals surface area contributed by atoms with E-state index in [-0.39, 0.29) is 5.69 Å². The Bertz CT molecular complexity index is 583. The second kappa shape index (κ2) is 4.59. The van der Waals surface area contributed by atoms with Crippen LogP contribution in [0, 0.1) is 0 Å². The number of halogens is 1. The quantitative estimate of drug-likeness (QED) is 0.770. The van der Waals surface area contributed by atoms with E-state index in [1.807, 2.05) is 0 Å². The summed E-state index contributed by atoms with van der Waals surface area (Å²) in [5.41, 5.74) is 0.841. The highest BCUT2D eigenvalue weighted by Crippen LogP contribution is 2.28. The summed E-state index contributed by atoms with van der Waals surface area (Å²) in [6.45, 7) is 0. The average molecular weight is 252 g/mol. The van der Waals surface area contributed by atoms with E-state index in [0.717, 1.165) is 5.39 Å². The molecule has 1 aromatic carbocycles. The lowest BCUT2D eigenvalue weighted by Gasteiger charge is -2.07. The number of nitrogens with zero attached hydrogens (tertiary/aromatic N) is 1. The lowest BCUT2D eigenvalue weighted by Crippen LogP contribution is -2.05. The summed E-state index contributed by atoms with van der Waals surface area (Å²) in [5, 5.41) is 1.34. The van der Waals surface area contributed by atoms with Gasteiger partial charge in [-0.15, -0.1) is 0 Å². The Morgan fingerprint density at radius 3 is 2.71 bits per heavy atom. The molecule has 1 heterocycles. The van der Waals surface area contributed by atoms with Crippen LogP contribution in [0.15, 0.2) is 24.3 Å². The van der Waals surface area contributed by atoms with E-state index in [1.165, 1.54) is 20.3 Å². The second-order valence-electron chi connectivity index (χ2n) is 3.36. The molecule has 0 N–H and O–H groups in total. The number of ether oxygens (including phenoxy) is 2. The Morgan fingerprint density at radius 2 is 2.06 bits per heavy atom. The predicted molar refractivity (Wildman–Crippen MR) is 64.6 cm³/mol. The number of carbonyl (C=O) groups excluding carboxylic acids is 1. The zero-order valence-electron chi connectivity index (χ0n) is 9.36. The first-order valence-electron chi connectivity index (χ1n) is 4.88. The Labute approximate surface area is 103 Å². The van der Waals surface area contributed by atoms with E-state index in [0.29, 0.717) is 16.3 Å². The highest BCUT2D eigenvalue weighted by molar-refractivity contribution is 6.31. The van der Waals surface area contributed by atoms with Gasteiger partial charge < -0.3 is 9.47 Å². The van der Waals surface area contributed by atoms with Crippen LogP contribution < -0.4 is 4.74 Å². The monoisotopic (exact) mass is 251 g/mol. The van der Waals surface area contributed by atoms with Crippen molar-refractivity contribution in [2.45, 2.75) is 0 Å². The van der Waals surface area contributed by atoms with E-state index in [1.54, 1.807) is 18.2 Å². The molecular formula is C12H10ClNO3. The molecule has 17 heavy (non-hydrogen) atoms. The fourth-order valence-corrected chi connectivity index (χ4v) is 1.72. The van der Waals surface area contributed by atoms with Gasteiger partial charge in [0, 0.05) is 16.5 Å². The maximum absolute atomic E-state index is 11.4. The van der Waals surface area contributed by atoms with Gasteiger partial charge in [-0.05, 0) is 18.2 Å². The Hall–Kier alpha value is -1.81. The molecule has 0 spiro atoms. The Balaban J connectivity index is 2.70. The van der Waals surface area contributed by atoms with Gasteiger partial charge in [0.2, 0.25) is 0 Å². The molecule has 2 rings (SSSR count). The number of benzene rings is 1.